The summed E-state index contributed by atoms with van der Waals surface area (Å²) in [6.07, 6.45) is 2.44. The number of hydrogen-bond donors (Lipinski definition) is 2. The van der Waals surface area contributed by atoms with Crippen molar-refractivity contribution < 1.29 is 9.90 Å². The molecule has 0 aliphatic heterocycles. The van der Waals surface area contributed by atoms with Crippen LogP contribution in [0, 0.1) is 0 Å². The molecule has 2 aromatic rings. The van der Waals surface area contributed by atoms with E-state index < -0.39 is 6.10 Å². The summed E-state index contributed by atoms with van der Waals surface area (Å²) in [6, 6.07) is 6.87. The van der Waals surface area contributed by atoms with Crippen LogP contribution in [0.2, 0.25) is 5.02 Å². The minimum atomic E-state index is -0.779. The van der Waals surface area contributed by atoms with Crippen molar-refractivity contribution in [2.45, 2.75) is 32.4 Å². The zero-order valence-electron chi connectivity index (χ0n) is 12.9. The molecule has 6 heteroatoms. The molecule has 1 amide bonds. The number of aliphatic hydroxyl groups excluding tert-OH is 1. The Balaban J connectivity index is 1.95. The third-order valence-electron chi connectivity index (χ3n) is 3.24. The van der Waals surface area contributed by atoms with Crippen LogP contribution in [0.1, 0.15) is 42.8 Å². The molecule has 0 saturated heterocycles. The lowest BCUT2D eigenvalue weighted by atomic mass is 10.1. The Morgan fingerprint density at radius 1 is 1.36 bits per heavy atom. The van der Waals surface area contributed by atoms with E-state index in [1.807, 2.05) is 20.8 Å². The molecule has 5 nitrogen and oxygen atoms in total. The first-order valence-corrected chi connectivity index (χ1v) is 7.42. The van der Waals surface area contributed by atoms with Gasteiger partial charge in [-0.15, -0.1) is 0 Å². The Morgan fingerprint density at radius 2 is 2.00 bits per heavy atom. The Labute approximate surface area is 134 Å². The molecule has 0 radical (unpaired) electrons. The van der Waals surface area contributed by atoms with Gasteiger partial charge in [-0.1, -0.05) is 23.7 Å². The first-order chi connectivity index (χ1) is 10.3. The number of nitrogens with zero attached hydrogens (tertiary/aromatic N) is 2. The van der Waals surface area contributed by atoms with E-state index in [4.69, 9.17) is 11.6 Å². The molecule has 1 atom stereocenters. The highest BCUT2D eigenvalue weighted by molar-refractivity contribution is 6.30. The van der Waals surface area contributed by atoms with Crippen LogP contribution in [0.15, 0.2) is 36.7 Å². The smallest absolute Gasteiger partial charge is 0.254 e. The summed E-state index contributed by atoms with van der Waals surface area (Å²) in [5.41, 5.74) is 0.995. The van der Waals surface area contributed by atoms with Crippen LogP contribution in [-0.4, -0.2) is 27.3 Å². The highest BCUT2D eigenvalue weighted by Crippen LogP contribution is 2.16. The highest BCUT2D eigenvalue weighted by atomic mass is 35.5. The molecule has 0 aliphatic rings. The van der Waals surface area contributed by atoms with E-state index in [0.717, 1.165) is 0 Å². The second-order valence-corrected chi connectivity index (χ2v) is 6.56. The average molecular weight is 322 g/mol. The van der Waals surface area contributed by atoms with Crippen molar-refractivity contribution in [3.8, 4) is 0 Å². The zero-order valence-corrected chi connectivity index (χ0v) is 13.6. The van der Waals surface area contributed by atoms with Crippen molar-refractivity contribution in [1.29, 1.82) is 0 Å². The number of aromatic nitrogens is 2. The monoisotopic (exact) mass is 321 g/mol. The number of halogens is 1. The second-order valence-electron chi connectivity index (χ2n) is 6.12. The summed E-state index contributed by atoms with van der Waals surface area (Å²) in [5, 5.41) is 17.6. The quantitative estimate of drug-likeness (QED) is 0.910. The summed E-state index contributed by atoms with van der Waals surface area (Å²) in [4.78, 5) is 12.1. The maximum absolute atomic E-state index is 12.1. The summed E-state index contributed by atoms with van der Waals surface area (Å²) < 4.78 is 1.73. The lowest BCUT2D eigenvalue weighted by Crippen LogP contribution is -2.28. The molecule has 1 unspecified atom stereocenters. The molecule has 2 rings (SSSR count). The summed E-state index contributed by atoms with van der Waals surface area (Å²) in [5.74, 6) is -0.261. The van der Waals surface area contributed by atoms with E-state index in [0.29, 0.717) is 16.1 Å². The molecule has 0 spiro atoms. The van der Waals surface area contributed by atoms with Crippen LogP contribution in [0.3, 0.4) is 0 Å². The van der Waals surface area contributed by atoms with Crippen LogP contribution in [-0.2, 0) is 5.54 Å². The van der Waals surface area contributed by atoms with Crippen LogP contribution in [0.4, 0.5) is 0 Å². The number of hydrogen-bond acceptors (Lipinski definition) is 3. The van der Waals surface area contributed by atoms with Gasteiger partial charge in [0, 0.05) is 17.8 Å². The van der Waals surface area contributed by atoms with Crippen molar-refractivity contribution in [3.05, 3.63) is 52.8 Å². The summed E-state index contributed by atoms with van der Waals surface area (Å²) >= 11 is 5.80. The van der Waals surface area contributed by atoms with Crippen LogP contribution >= 0.6 is 11.6 Å². The first kappa shape index (κ1) is 16.5. The van der Waals surface area contributed by atoms with Gasteiger partial charge in [-0.2, -0.15) is 5.10 Å². The number of carbonyl (C=O) groups excluding carboxylic acids is 1. The lowest BCUT2D eigenvalue weighted by Gasteiger charge is -2.18. The fourth-order valence-corrected chi connectivity index (χ4v) is 2.03. The Kier molecular flexibility index (Phi) is 4.88. The van der Waals surface area contributed by atoms with E-state index >= 15 is 0 Å². The van der Waals surface area contributed by atoms with Gasteiger partial charge in [-0.3, -0.25) is 9.48 Å². The van der Waals surface area contributed by atoms with Crippen molar-refractivity contribution in [1.82, 2.24) is 15.1 Å². The maximum Gasteiger partial charge on any atom is 0.254 e. The van der Waals surface area contributed by atoms with Crippen molar-refractivity contribution in [2.24, 2.45) is 0 Å². The minimum absolute atomic E-state index is 0.126. The van der Waals surface area contributed by atoms with Crippen molar-refractivity contribution in [2.75, 3.05) is 6.54 Å². The molecule has 22 heavy (non-hydrogen) atoms. The molecule has 118 valence electrons. The largest absolute Gasteiger partial charge is 0.387 e. The zero-order chi connectivity index (χ0) is 16.3. The number of nitrogens with one attached hydrogen (secondary N) is 1. The molecule has 1 heterocycles. The molecule has 0 bridgehead atoms. The van der Waals surface area contributed by atoms with Crippen LogP contribution in [0.25, 0.3) is 0 Å². The molecule has 0 fully saturated rings. The maximum atomic E-state index is 12.1. The van der Waals surface area contributed by atoms with Crippen LogP contribution < -0.4 is 5.32 Å². The van der Waals surface area contributed by atoms with Gasteiger partial charge in [0.25, 0.3) is 5.91 Å². The normalized spacial score (nSPS) is 13.0. The lowest BCUT2D eigenvalue weighted by molar-refractivity contribution is 0.0916. The third kappa shape index (κ3) is 4.08. The third-order valence-corrected chi connectivity index (χ3v) is 3.49. The standard InChI is InChI=1S/C16H20ClN3O2/c1-16(2,3)20-10-12(8-19-20)15(22)18-9-14(21)11-4-6-13(17)7-5-11/h4-8,10,14,21H,9H2,1-3H3,(H,18,22). The first-order valence-electron chi connectivity index (χ1n) is 7.04. The molecule has 1 aromatic carbocycles. The fraction of sp³-hybridized carbons (Fsp3) is 0.375. The number of amides is 1. The second kappa shape index (κ2) is 6.50. The van der Waals surface area contributed by atoms with Crippen molar-refractivity contribution in [3.63, 3.8) is 0 Å². The predicted molar refractivity (Wildman–Crippen MR) is 86.0 cm³/mol. The van der Waals surface area contributed by atoms with E-state index in [9.17, 15) is 9.90 Å². The van der Waals surface area contributed by atoms with Crippen molar-refractivity contribution >= 4 is 17.5 Å². The minimum Gasteiger partial charge on any atom is -0.387 e. The SMILES string of the molecule is CC(C)(C)n1cc(C(=O)NCC(O)c2ccc(Cl)cc2)cn1. The molecular weight excluding hydrogens is 302 g/mol. The van der Waals surface area contributed by atoms with Crippen LogP contribution in [0.5, 0.6) is 0 Å². The predicted octanol–water partition coefficient (Wildman–Crippen LogP) is 2.75. The molecule has 1 aromatic heterocycles. The topological polar surface area (TPSA) is 67.2 Å². The van der Waals surface area contributed by atoms with E-state index in [2.05, 4.69) is 10.4 Å². The molecule has 0 aliphatic carbocycles. The fourth-order valence-electron chi connectivity index (χ4n) is 1.90. The van der Waals surface area contributed by atoms with Gasteiger partial charge in [0.15, 0.2) is 0 Å². The van der Waals surface area contributed by atoms with Gasteiger partial charge in [-0.05, 0) is 38.5 Å². The highest BCUT2D eigenvalue weighted by Gasteiger charge is 2.17. The molecule has 0 saturated carbocycles. The summed E-state index contributed by atoms with van der Waals surface area (Å²) in [6.45, 7) is 6.14. The van der Waals surface area contributed by atoms with Gasteiger partial charge < -0.3 is 10.4 Å². The Bertz CT molecular complexity index is 644. The van der Waals surface area contributed by atoms with Gasteiger partial charge in [0.2, 0.25) is 0 Å². The van der Waals surface area contributed by atoms with E-state index in [1.54, 1.807) is 35.1 Å². The Hall–Kier alpha value is -1.85. The average Bonchev–Trinajstić information content (AvgIpc) is 2.95. The van der Waals surface area contributed by atoms with Gasteiger partial charge in [-0.25, -0.2) is 0 Å². The molecule has 2 N–H and O–H groups in total. The number of aliphatic hydroxyl groups is 1. The van der Waals surface area contributed by atoms with Gasteiger partial charge >= 0.3 is 0 Å². The van der Waals surface area contributed by atoms with E-state index in [1.165, 1.54) is 6.20 Å². The van der Waals surface area contributed by atoms with E-state index in [-0.39, 0.29) is 18.0 Å². The number of carbonyl (C=O) groups is 1. The number of rotatable bonds is 4. The number of benzene rings is 1. The Morgan fingerprint density at radius 3 is 2.55 bits per heavy atom. The van der Waals surface area contributed by atoms with Gasteiger partial charge in [0.05, 0.1) is 23.4 Å². The summed E-state index contributed by atoms with van der Waals surface area (Å²) in [7, 11) is 0. The molecular formula is C16H20ClN3O2. The van der Waals surface area contributed by atoms with Gasteiger partial charge in [0.1, 0.15) is 0 Å².